The molecule has 0 aliphatic carbocycles. The van der Waals surface area contributed by atoms with Gasteiger partial charge in [0.15, 0.2) is 0 Å². The minimum atomic E-state index is -0.647. The van der Waals surface area contributed by atoms with E-state index in [1.54, 1.807) is 6.07 Å². The number of hydrogen-bond acceptors (Lipinski definition) is 1. The molecule has 0 radical (unpaired) electrons. The van der Waals surface area contributed by atoms with Crippen molar-refractivity contribution in [3.05, 3.63) is 59.7 Å². The van der Waals surface area contributed by atoms with Gasteiger partial charge in [-0.1, -0.05) is 32.9 Å². The summed E-state index contributed by atoms with van der Waals surface area (Å²) in [5.74, 6) is -0.552. The SMILES string of the molecule is CC(C)(C)Cc1cccc(Oc2cc(F)cc(F)c2)c1. The fraction of sp³-hybridized carbons (Fsp3) is 0.294. The average Bonchev–Trinajstić information content (AvgIpc) is 2.25. The van der Waals surface area contributed by atoms with E-state index < -0.39 is 11.6 Å². The maximum atomic E-state index is 13.1. The molecular formula is C17H18F2O. The van der Waals surface area contributed by atoms with Crippen LogP contribution in [-0.4, -0.2) is 0 Å². The van der Waals surface area contributed by atoms with E-state index in [1.165, 1.54) is 12.1 Å². The van der Waals surface area contributed by atoms with E-state index in [-0.39, 0.29) is 11.2 Å². The molecule has 0 aliphatic heterocycles. The highest BCUT2D eigenvalue weighted by atomic mass is 19.1. The van der Waals surface area contributed by atoms with Crippen LogP contribution in [0, 0.1) is 17.0 Å². The highest BCUT2D eigenvalue weighted by Gasteiger charge is 2.12. The fourth-order valence-electron chi connectivity index (χ4n) is 2.05. The zero-order valence-electron chi connectivity index (χ0n) is 11.9. The smallest absolute Gasteiger partial charge is 0.133 e. The molecule has 0 N–H and O–H groups in total. The summed E-state index contributed by atoms with van der Waals surface area (Å²) in [6, 6.07) is 10.7. The van der Waals surface area contributed by atoms with Crippen molar-refractivity contribution < 1.29 is 13.5 Å². The van der Waals surface area contributed by atoms with Crippen LogP contribution in [0.2, 0.25) is 0 Å². The van der Waals surface area contributed by atoms with Crippen molar-refractivity contribution in [1.82, 2.24) is 0 Å². The number of hydrogen-bond donors (Lipinski definition) is 0. The minimum Gasteiger partial charge on any atom is -0.457 e. The van der Waals surface area contributed by atoms with Crippen molar-refractivity contribution in [3.8, 4) is 11.5 Å². The van der Waals surface area contributed by atoms with Gasteiger partial charge in [0.1, 0.15) is 23.1 Å². The normalized spacial score (nSPS) is 11.4. The predicted molar refractivity (Wildman–Crippen MR) is 76.0 cm³/mol. The largest absolute Gasteiger partial charge is 0.457 e. The van der Waals surface area contributed by atoms with Gasteiger partial charge in [-0.15, -0.1) is 0 Å². The van der Waals surface area contributed by atoms with Crippen LogP contribution in [0.25, 0.3) is 0 Å². The Morgan fingerprint density at radius 2 is 1.55 bits per heavy atom. The second kappa shape index (κ2) is 5.61. The van der Waals surface area contributed by atoms with E-state index in [9.17, 15) is 8.78 Å². The highest BCUT2D eigenvalue weighted by molar-refractivity contribution is 5.34. The van der Waals surface area contributed by atoms with E-state index in [0.29, 0.717) is 5.75 Å². The Balaban J connectivity index is 2.19. The molecule has 2 aromatic carbocycles. The van der Waals surface area contributed by atoms with Crippen molar-refractivity contribution in [2.45, 2.75) is 27.2 Å². The zero-order valence-corrected chi connectivity index (χ0v) is 11.9. The van der Waals surface area contributed by atoms with Gasteiger partial charge in [-0.25, -0.2) is 8.78 Å². The standard InChI is InChI=1S/C17H18F2O/c1-17(2,3)11-12-5-4-6-15(7-12)20-16-9-13(18)8-14(19)10-16/h4-10H,11H2,1-3H3. The van der Waals surface area contributed by atoms with Gasteiger partial charge >= 0.3 is 0 Å². The van der Waals surface area contributed by atoms with Gasteiger partial charge in [0.05, 0.1) is 0 Å². The monoisotopic (exact) mass is 276 g/mol. The molecule has 0 fully saturated rings. The summed E-state index contributed by atoms with van der Waals surface area (Å²) in [4.78, 5) is 0. The van der Waals surface area contributed by atoms with Crippen LogP contribution < -0.4 is 4.74 Å². The quantitative estimate of drug-likeness (QED) is 0.734. The third-order valence-corrected chi connectivity index (χ3v) is 2.70. The molecule has 0 saturated heterocycles. The second-order valence-electron chi connectivity index (χ2n) is 6.09. The fourth-order valence-corrected chi connectivity index (χ4v) is 2.05. The first-order valence-electron chi connectivity index (χ1n) is 6.55. The first-order chi connectivity index (χ1) is 9.32. The molecule has 0 atom stereocenters. The minimum absolute atomic E-state index is 0.162. The Morgan fingerprint density at radius 3 is 2.15 bits per heavy atom. The van der Waals surface area contributed by atoms with Crippen LogP contribution >= 0.6 is 0 Å². The summed E-state index contributed by atoms with van der Waals surface area (Å²) in [6.45, 7) is 6.47. The van der Waals surface area contributed by atoms with Crippen LogP contribution in [0.4, 0.5) is 8.78 Å². The third-order valence-electron chi connectivity index (χ3n) is 2.70. The molecule has 0 heterocycles. The number of benzene rings is 2. The molecule has 0 saturated carbocycles. The molecule has 2 rings (SSSR count). The Hall–Kier alpha value is -1.90. The van der Waals surface area contributed by atoms with E-state index in [0.717, 1.165) is 18.1 Å². The molecule has 20 heavy (non-hydrogen) atoms. The summed E-state index contributed by atoms with van der Waals surface area (Å²) in [5, 5.41) is 0. The second-order valence-corrected chi connectivity index (χ2v) is 6.09. The van der Waals surface area contributed by atoms with E-state index in [2.05, 4.69) is 20.8 Å². The molecule has 0 unspecified atom stereocenters. The van der Waals surface area contributed by atoms with Crippen LogP contribution in [0.1, 0.15) is 26.3 Å². The number of ether oxygens (including phenoxy) is 1. The van der Waals surface area contributed by atoms with Crippen molar-refractivity contribution in [2.75, 3.05) is 0 Å². The highest BCUT2D eigenvalue weighted by Crippen LogP contribution is 2.27. The zero-order chi connectivity index (χ0) is 14.8. The van der Waals surface area contributed by atoms with Crippen LogP contribution in [0.15, 0.2) is 42.5 Å². The van der Waals surface area contributed by atoms with Gasteiger partial charge in [0.2, 0.25) is 0 Å². The Kier molecular flexibility index (Phi) is 4.07. The molecule has 0 bridgehead atoms. The summed E-state index contributed by atoms with van der Waals surface area (Å²) < 4.78 is 31.7. The molecule has 0 aromatic heterocycles. The molecule has 1 nitrogen and oxygen atoms in total. The lowest BCUT2D eigenvalue weighted by Crippen LogP contribution is -2.08. The summed E-state index contributed by atoms with van der Waals surface area (Å²) in [5.41, 5.74) is 1.30. The van der Waals surface area contributed by atoms with E-state index in [1.807, 2.05) is 18.2 Å². The van der Waals surface area contributed by atoms with Gasteiger partial charge in [0.25, 0.3) is 0 Å². The van der Waals surface area contributed by atoms with Gasteiger partial charge in [-0.3, -0.25) is 0 Å². The first kappa shape index (κ1) is 14.5. The first-order valence-corrected chi connectivity index (χ1v) is 6.55. The molecule has 106 valence electrons. The van der Waals surface area contributed by atoms with Gasteiger partial charge in [-0.05, 0) is 29.5 Å². The number of halogens is 2. The van der Waals surface area contributed by atoms with Gasteiger partial charge in [-0.2, -0.15) is 0 Å². The van der Waals surface area contributed by atoms with E-state index in [4.69, 9.17) is 4.74 Å². The Labute approximate surface area is 118 Å². The third kappa shape index (κ3) is 4.34. The molecule has 0 spiro atoms. The van der Waals surface area contributed by atoms with Gasteiger partial charge < -0.3 is 4.74 Å². The van der Waals surface area contributed by atoms with Crippen molar-refractivity contribution in [1.29, 1.82) is 0 Å². The molecule has 0 aliphatic rings. The van der Waals surface area contributed by atoms with E-state index >= 15 is 0 Å². The molecule has 2 aromatic rings. The van der Waals surface area contributed by atoms with Crippen LogP contribution in [0.5, 0.6) is 11.5 Å². The maximum Gasteiger partial charge on any atom is 0.133 e. The maximum absolute atomic E-state index is 13.1. The summed E-state index contributed by atoms with van der Waals surface area (Å²) in [6.07, 6.45) is 0.904. The summed E-state index contributed by atoms with van der Waals surface area (Å²) >= 11 is 0. The lowest BCUT2D eigenvalue weighted by molar-refractivity contribution is 0.409. The molecular weight excluding hydrogens is 258 g/mol. The Morgan fingerprint density at radius 1 is 0.900 bits per heavy atom. The van der Waals surface area contributed by atoms with Crippen LogP contribution in [-0.2, 0) is 6.42 Å². The van der Waals surface area contributed by atoms with Gasteiger partial charge in [0, 0.05) is 18.2 Å². The number of rotatable bonds is 3. The summed E-state index contributed by atoms with van der Waals surface area (Å²) in [7, 11) is 0. The van der Waals surface area contributed by atoms with Crippen LogP contribution in [0.3, 0.4) is 0 Å². The van der Waals surface area contributed by atoms with Crippen molar-refractivity contribution in [2.24, 2.45) is 5.41 Å². The van der Waals surface area contributed by atoms with Crippen molar-refractivity contribution >= 4 is 0 Å². The lowest BCUT2D eigenvalue weighted by atomic mass is 9.88. The topological polar surface area (TPSA) is 9.23 Å². The molecule has 0 amide bonds. The average molecular weight is 276 g/mol. The predicted octanol–water partition coefficient (Wildman–Crippen LogP) is 5.35. The van der Waals surface area contributed by atoms with Crippen molar-refractivity contribution in [3.63, 3.8) is 0 Å². The molecule has 3 heteroatoms. The lowest BCUT2D eigenvalue weighted by Gasteiger charge is -2.18. The Bertz CT molecular complexity index is 580.